The van der Waals surface area contributed by atoms with Crippen LogP contribution in [0.5, 0.6) is 0 Å². The van der Waals surface area contributed by atoms with Crippen LogP contribution >= 0.6 is 0 Å². The molecule has 2 aromatic heterocycles. The summed E-state index contributed by atoms with van der Waals surface area (Å²) in [4.78, 5) is 4.13. The van der Waals surface area contributed by atoms with E-state index in [0.717, 1.165) is 11.1 Å². The Morgan fingerprint density at radius 3 is 3.16 bits per heavy atom. The summed E-state index contributed by atoms with van der Waals surface area (Å²) in [6, 6.07) is 3.71. The predicted molar refractivity (Wildman–Crippen MR) is 69.0 cm³/mol. The van der Waals surface area contributed by atoms with E-state index in [9.17, 15) is 8.42 Å². The van der Waals surface area contributed by atoms with Crippen LogP contribution in [0.15, 0.2) is 18.3 Å². The molecule has 1 unspecified atom stereocenters. The molecule has 1 aliphatic rings. The largest absolute Gasteiger partial charge is 0.369 e. The van der Waals surface area contributed by atoms with E-state index in [0.29, 0.717) is 25.3 Å². The van der Waals surface area contributed by atoms with Crippen molar-refractivity contribution in [2.75, 3.05) is 26.0 Å². The van der Waals surface area contributed by atoms with Crippen LogP contribution in [0.2, 0.25) is 0 Å². The second-order valence-corrected chi connectivity index (χ2v) is 6.47. The molecule has 0 aliphatic carbocycles. The van der Waals surface area contributed by atoms with Crippen molar-refractivity contribution in [3.05, 3.63) is 24.0 Å². The lowest BCUT2D eigenvalue weighted by molar-refractivity contribution is -0.00397. The molecule has 0 bridgehead atoms. The maximum atomic E-state index is 11.6. The lowest BCUT2D eigenvalue weighted by Gasteiger charge is -2.30. The first kappa shape index (κ1) is 12.5. The van der Waals surface area contributed by atoms with E-state index < -0.39 is 10.0 Å². The summed E-state index contributed by atoms with van der Waals surface area (Å²) in [5, 5.41) is 7.86. The number of morpholine rings is 1. The van der Waals surface area contributed by atoms with E-state index in [-0.39, 0.29) is 6.10 Å². The van der Waals surface area contributed by atoms with Gasteiger partial charge in [0.15, 0.2) is 5.65 Å². The van der Waals surface area contributed by atoms with Crippen molar-refractivity contribution in [2.45, 2.75) is 6.10 Å². The molecule has 1 saturated heterocycles. The number of fused-ring (bicyclic) bond motifs is 1. The zero-order valence-corrected chi connectivity index (χ0v) is 11.2. The lowest BCUT2D eigenvalue weighted by Crippen LogP contribution is -2.41. The van der Waals surface area contributed by atoms with Gasteiger partial charge in [0.05, 0.1) is 18.6 Å². The molecule has 7 nitrogen and oxygen atoms in total. The van der Waals surface area contributed by atoms with Crippen LogP contribution in [-0.4, -0.2) is 53.9 Å². The van der Waals surface area contributed by atoms with Gasteiger partial charge < -0.3 is 4.74 Å². The Morgan fingerprint density at radius 2 is 2.37 bits per heavy atom. The molecule has 0 radical (unpaired) electrons. The molecule has 0 spiro atoms. The molecular weight excluding hydrogens is 268 g/mol. The Hall–Kier alpha value is -1.51. The second kappa shape index (κ2) is 4.55. The van der Waals surface area contributed by atoms with Crippen LogP contribution in [0.3, 0.4) is 0 Å². The number of aromatic nitrogens is 3. The Kier molecular flexibility index (Phi) is 3.00. The highest BCUT2D eigenvalue weighted by atomic mass is 32.2. The van der Waals surface area contributed by atoms with Gasteiger partial charge in [0.25, 0.3) is 0 Å². The van der Waals surface area contributed by atoms with E-state index >= 15 is 0 Å². The van der Waals surface area contributed by atoms with Crippen molar-refractivity contribution in [2.24, 2.45) is 0 Å². The fourth-order valence-corrected chi connectivity index (χ4v) is 3.03. The Labute approximate surface area is 110 Å². The topological polar surface area (TPSA) is 88.2 Å². The maximum absolute atomic E-state index is 11.6. The molecule has 2 aromatic rings. The quantitative estimate of drug-likeness (QED) is 0.855. The van der Waals surface area contributed by atoms with Gasteiger partial charge in [0.1, 0.15) is 6.10 Å². The van der Waals surface area contributed by atoms with Gasteiger partial charge in [0, 0.05) is 24.7 Å². The third-order valence-corrected chi connectivity index (χ3v) is 4.45. The zero-order valence-electron chi connectivity index (χ0n) is 10.4. The van der Waals surface area contributed by atoms with Crippen molar-refractivity contribution in [1.82, 2.24) is 19.5 Å². The molecule has 1 aliphatic heterocycles. The summed E-state index contributed by atoms with van der Waals surface area (Å²) in [5.41, 5.74) is 1.38. The number of rotatable bonds is 2. The number of ether oxygens (including phenoxy) is 1. The number of aromatic amines is 1. The first-order chi connectivity index (χ1) is 9.05. The predicted octanol–water partition coefficient (Wildman–Crippen LogP) is 0.291. The number of hydrogen-bond donors (Lipinski definition) is 1. The number of hydrogen-bond acceptors (Lipinski definition) is 5. The fourth-order valence-electron chi connectivity index (χ4n) is 2.22. The molecule has 19 heavy (non-hydrogen) atoms. The van der Waals surface area contributed by atoms with Crippen LogP contribution in [0, 0.1) is 0 Å². The van der Waals surface area contributed by atoms with E-state index in [4.69, 9.17) is 4.74 Å². The summed E-state index contributed by atoms with van der Waals surface area (Å²) in [7, 11) is -3.20. The van der Waals surface area contributed by atoms with Gasteiger partial charge in [0.2, 0.25) is 10.0 Å². The maximum Gasteiger partial charge on any atom is 0.211 e. The zero-order chi connectivity index (χ0) is 13.5. The average molecular weight is 282 g/mol. The third-order valence-electron chi connectivity index (χ3n) is 3.18. The number of pyridine rings is 1. The van der Waals surface area contributed by atoms with Crippen molar-refractivity contribution in [3.63, 3.8) is 0 Å². The third kappa shape index (κ3) is 2.34. The molecular formula is C11H14N4O3S. The van der Waals surface area contributed by atoms with Gasteiger partial charge in [-0.3, -0.25) is 5.10 Å². The molecule has 0 amide bonds. The minimum absolute atomic E-state index is 0.297. The van der Waals surface area contributed by atoms with Gasteiger partial charge in [-0.05, 0) is 12.1 Å². The lowest BCUT2D eigenvalue weighted by atomic mass is 10.1. The highest BCUT2D eigenvalue weighted by Gasteiger charge is 2.29. The molecule has 3 heterocycles. The molecule has 0 saturated carbocycles. The summed E-state index contributed by atoms with van der Waals surface area (Å²) in [6.45, 7) is 1.06. The van der Waals surface area contributed by atoms with Crippen molar-refractivity contribution >= 4 is 21.1 Å². The van der Waals surface area contributed by atoms with Gasteiger partial charge in [-0.15, -0.1) is 0 Å². The number of sulfonamides is 1. The molecule has 8 heteroatoms. The number of nitrogens with one attached hydrogen (secondary N) is 1. The molecule has 0 aromatic carbocycles. The van der Waals surface area contributed by atoms with Crippen molar-refractivity contribution in [3.8, 4) is 0 Å². The van der Waals surface area contributed by atoms with Crippen LogP contribution in [0.25, 0.3) is 11.0 Å². The highest BCUT2D eigenvalue weighted by molar-refractivity contribution is 7.88. The molecule has 1 fully saturated rings. The molecule has 1 N–H and O–H groups in total. The van der Waals surface area contributed by atoms with Crippen molar-refractivity contribution in [1.29, 1.82) is 0 Å². The minimum Gasteiger partial charge on any atom is -0.369 e. The molecule has 3 rings (SSSR count). The van der Waals surface area contributed by atoms with Crippen molar-refractivity contribution < 1.29 is 13.2 Å². The van der Waals surface area contributed by atoms with Crippen LogP contribution < -0.4 is 0 Å². The average Bonchev–Trinajstić information content (AvgIpc) is 2.82. The first-order valence-electron chi connectivity index (χ1n) is 5.91. The smallest absolute Gasteiger partial charge is 0.211 e. The van der Waals surface area contributed by atoms with E-state index in [2.05, 4.69) is 15.2 Å². The Balaban J connectivity index is 1.94. The van der Waals surface area contributed by atoms with E-state index in [1.807, 2.05) is 12.1 Å². The Morgan fingerprint density at radius 1 is 1.53 bits per heavy atom. The van der Waals surface area contributed by atoms with Gasteiger partial charge in [-0.2, -0.15) is 9.40 Å². The summed E-state index contributed by atoms with van der Waals surface area (Å²) < 4.78 is 30.3. The van der Waals surface area contributed by atoms with Gasteiger partial charge >= 0.3 is 0 Å². The highest BCUT2D eigenvalue weighted by Crippen LogP contribution is 2.26. The monoisotopic (exact) mass is 282 g/mol. The second-order valence-electron chi connectivity index (χ2n) is 4.49. The van der Waals surface area contributed by atoms with Gasteiger partial charge in [-0.1, -0.05) is 0 Å². The van der Waals surface area contributed by atoms with E-state index in [1.54, 1.807) is 6.20 Å². The number of H-pyrrole nitrogens is 1. The number of nitrogens with zero attached hydrogens (tertiary/aromatic N) is 3. The molecule has 1 atom stereocenters. The first-order valence-corrected chi connectivity index (χ1v) is 7.76. The fraction of sp³-hybridized carbons (Fsp3) is 0.455. The standard InChI is InChI=1S/C11H14N4O3S/c1-19(16,17)15-5-6-18-9(7-15)10-8-3-2-4-12-11(8)14-13-10/h2-4,9H,5-7H2,1H3,(H,12,13,14). The molecule has 102 valence electrons. The minimum atomic E-state index is -3.20. The summed E-state index contributed by atoms with van der Waals surface area (Å²) >= 11 is 0. The normalized spacial score (nSPS) is 21.8. The SMILES string of the molecule is CS(=O)(=O)N1CCOC(c2[nH]nc3ncccc23)C1. The summed E-state index contributed by atoms with van der Waals surface area (Å²) in [6.07, 6.45) is 2.54. The Bertz CT molecular complexity index is 697. The van der Waals surface area contributed by atoms with Crippen LogP contribution in [0.1, 0.15) is 11.8 Å². The van der Waals surface area contributed by atoms with E-state index in [1.165, 1.54) is 10.6 Å². The van der Waals surface area contributed by atoms with Crippen LogP contribution in [0.4, 0.5) is 0 Å². The summed E-state index contributed by atoms with van der Waals surface area (Å²) in [5.74, 6) is 0. The van der Waals surface area contributed by atoms with Gasteiger partial charge in [-0.25, -0.2) is 13.4 Å². The van der Waals surface area contributed by atoms with Crippen LogP contribution in [-0.2, 0) is 14.8 Å².